The molecule has 1 aliphatic rings. The van der Waals surface area contributed by atoms with Crippen molar-refractivity contribution in [2.24, 2.45) is 0 Å². The Bertz CT molecular complexity index is 1220. The Labute approximate surface area is 200 Å². The molecule has 0 unspecified atom stereocenters. The monoisotopic (exact) mass is 485 g/mol. The molecule has 0 amide bonds. The van der Waals surface area contributed by atoms with E-state index < -0.39 is 10.0 Å². The van der Waals surface area contributed by atoms with Crippen LogP contribution in [-0.4, -0.2) is 43.1 Å². The average Bonchev–Trinajstić information content (AvgIpc) is 3.54. The van der Waals surface area contributed by atoms with E-state index in [-0.39, 0.29) is 23.4 Å². The maximum atomic E-state index is 13.6. The molecule has 1 aromatic heterocycles. The van der Waals surface area contributed by atoms with E-state index in [0.717, 1.165) is 31.2 Å². The van der Waals surface area contributed by atoms with E-state index in [1.54, 1.807) is 44.6 Å². The lowest BCUT2D eigenvalue weighted by Crippen LogP contribution is -2.38. The van der Waals surface area contributed by atoms with Crippen LogP contribution in [0.5, 0.6) is 11.5 Å². The van der Waals surface area contributed by atoms with Gasteiger partial charge in [-0.2, -0.15) is 9.29 Å². The molecule has 0 atom stereocenters. The number of ether oxygens (including phenoxy) is 2. The fourth-order valence-corrected chi connectivity index (χ4v) is 5.94. The summed E-state index contributed by atoms with van der Waals surface area (Å²) in [4.78, 5) is 4.77. The van der Waals surface area contributed by atoms with Crippen molar-refractivity contribution in [1.29, 1.82) is 0 Å². The first-order valence-electron chi connectivity index (χ1n) is 11.5. The Kier molecular flexibility index (Phi) is 7.23. The minimum Gasteiger partial charge on any atom is -0.493 e. The molecule has 0 spiro atoms. The first-order chi connectivity index (χ1) is 16.3. The van der Waals surface area contributed by atoms with Crippen molar-refractivity contribution < 1.29 is 22.4 Å². The van der Waals surface area contributed by atoms with Crippen LogP contribution in [0.4, 0.5) is 0 Å². The van der Waals surface area contributed by atoms with Crippen molar-refractivity contribution in [3.63, 3.8) is 0 Å². The van der Waals surface area contributed by atoms with Crippen molar-refractivity contribution in [3.8, 4) is 22.9 Å². The highest BCUT2D eigenvalue weighted by molar-refractivity contribution is 7.89. The molecule has 9 heteroatoms. The zero-order valence-corrected chi connectivity index (χ0v) is 20.8. The molecule has 0 aliphatic heterocycles. The molecule has 1 saturated carbocycles. The van der Waals surface area contributed by atoms with Crippen LogP contribution in [0.25, 0.3) is 11.4 Å². The van der Waals surface area contributed by atoms with E-state index in [9.17, 15) is 8.42 Å². The van der Waals surface area contributed by atoms with Crippen molar-refractivity contribution in [3.05, 3.63) is 53.9 Å². The summed E-state index contributed by atoms with van der Waals surface area (Å²) in [7, 11) is -0.606. The van der Waals surface area contributed by atoms with Gasteiger partial charge in [0, 0.05) is 11.6 Å². The van der Waals surface area contributed by atoms with Crippen LogP contribution < -0.4 is 9.47 Å². The zero-order valence-electron chi connectivity index (χ0n) is 20.0. The second-order valence-corrected chi connectivity index (χ2v) is 10.7. The molecular weight excluding hydrogens is 454 g/mol. The summed E-state index contributed by atoms with van der Waals surface area (Å²) in [6.45, 7) is 4.19. The summed E-state index contributed by atoms with van der Waals surface area (Å²) in [6.07, 6.45) is 3.65. The largest absolute Gasteiger partial charge is 0.493 e. The van der Waals surface area contributed by atoms with Gasteiger partial charge in [-0.25, -0.2) is 8.42 Å². The van der Waals surface area contributed by atoms with E-state index in [2.05, 4.69) is 24.0 Å². The van der Waals surface area contributed by atoms with Crippen LogP contribution in [0, 0.1) is 0 Å². The zero-order chi connectivity index (χ0) is 24.3. The third-order valence-corrected chi connectivity index (χ3v) is 8.20. The van der Waals surface area contributed by atoms with Crippen LogP contribution in [0.3, 0.4) is 0 Å². The molecule has 3 aromatic rings. The maximum Gasteiger partial charge on any atom is 0.243 e. The minimum atomic E-state index is -3.73. The summed E-state index contributed by atoms with van der Waals surface area (Å²) in [5.74, 6) is 2.08. The minimum absolute atomic E-state index is 0.0270. The lowest BCUT2D eigenvalue weighted by Gasteiger charge is -2.26. The third kappa shape index (κ3) is 4.95. The molecule has 1 heterocycles. The Balaban J connectivity index is 1.62. The van der Waals surface area contributed by atoms with Gasteiger partial charge in [0.25, 0.3) is 0 Å². The van der Waals surface area contributed by atoms with Crippen molar-refractivity contribution in [2.45, 2.75) is 62.9 Å². The van der Waals surface area contributed by atoms with Crippen LogP contribution in [0.2, 0.25) is 0 Å². The summed E-state index contributed by atoms with van der Waals surface area (Å²) in [5, 5.41) is 4.08. The summed E-state index contributed by atoms with van der Waals surface area (Å²) >= 11 is 0. The van der Waals surface area contributed by atoms with Gasteiger partial charge in [0.2, 0.25) is 21.7 Å². The predicted molar refractivity (Wildman–Crippen MR) is 128 cm³/mol. The Morgan fingerprint density at radius 2 is 1.71 bits per heavy atom. The number of benzene rings is 2. The fourth-order valence-electron chi connectivity index (χ4n) is 4.31. The van der Waals surface area contributed by atoms with Gasteiger partial charge in [-0.1, -0.05) is 44.0 Å². The number of sulfonamides is 1. The molecule has 1 fully saturated rings. The summed E-state index contributed by atoms with van der Waals surface area (Å²) < 4.78 is 44.9. The number of hydrogen-bond donors (Lipinski definition) is 0. The lowest BCUT2D eigenvalue weighted by molar-refractivity contribution is 0.268. The third-order valence-electron chi connectivity index (χ3n) is 6.29. The van der Waals surface area contributed by atoms with Gasteiger partial charge in [0.1, 0.15) is 0 Å². The van der Waals surface area contributed by atoms with Crippen LogP contribution in [0.15, 0.2) is 51.9 Å². The lowest BCUT2D eigenvalue weighted by atomic mass is 10.0. The molecular formula is C25H31N3O5S. The van der Waals surface area contributed by atoms with Gasteiger partial charge in [0.05, 0.1) is 25.7 Å². The fraction of sp³-hybridized carbons (Fsp3) is 0.440. The van der Waals surface area contributed by atoms with Gasteiger partial charge in [-0.15, -0.1) is 0 Å². The average molecular weight is 486 g/mol. The molecule has 0 radical (unpaired) electrons. The standard InChI is InChI=1S/C25H31N3O5S/c1-17(2)18-9-12-21(13-10-18)34(29,30)28(20-7-5-6-8-20)16-24-26-25(27-33-24)19-11-14-22(31-3)23(15-19)32-4/h9-15,17,20H,5-8,16H2,1-4H3. The van der Waals surface area contributed by atoms with Crippen LogP contribution in [-0.2, 0) is 16.6 Å². The molecule has 1 aliphatic carbocycles. The highest BCUT2D eigenvalue weighted by atomic mass is 32.2. The van der Waals surface area contributed by atoms with E-state index >= 15 is 0 Å². The van der Waals surface area contributed by atoms with Crippen molar-refractivity contribution in [2.75, 3.05) is 14.2 Å². The normalized spacial score (nSPS) is 14.8. The van der Waals surface area contributed by atoms with Crippen molar-refractivity contribution >= 4 is 10.0 Å². The molecule has 4 rings (SSSR count). The predicted octanol–water partition coefficient (Wildman–Crippen LogP) is 5.01. The molecule has 0 saturated heterocycles. The first-order valence-corrected chi connectivity index (χ1v) is 12.9. The summed E-state index contributed by atoms with van der Waals surface area (Å²) in [6, 6.07) is 12.4. The van der Waals surface area contributed by atoms with Gasteiger partial charge < -0.3 is 14.0 Å². The Hall–Kier alpha value is -2.91. The van der Waals surface area contributed by atoms with Crippen molar-refractivity contribution in [1.82, 2.24) is 14.4 Å². The topological polar surface area (TPSA) is 94.8 Å². The number of hydrogen-bond acceptors (Lipinski definition) is 7. The second-order valence-electron chi connectivity index (χ2n) is 8.79. The second kappa shape index (κ2) is 10.1. The molecule has 8 nitrogen and oxygen atoms in total. The molecule has 0 N–H and O–H groups in total. The smallest absolute Gasteiger partial charge is 0.243 e. The maximum absolute atomic E-state index is 13.6. The van der Waals surface area contributed by atoms with Gasteiger partial charge in [-0.05, 0) is 54.7 Å². The molecule has 182 valence electrons. The SMILES string of the molecule is COc1ccc(-c2noc(CN(C3CCCC3)S(=O)(=O)c3ccc(C(C)C)cc3)n2)cc1OC. The quantitative estimate of drug-likeness (QED) is 0.420. The van der Waals surface area contributed by atoms with E-state index in [4.69, 9.17) is 14.0 Å². The number of methoxy groups -OCH3 is 2. The number of rotatable bonds is 9. The van der Waals surface area contributed by atoms with E-state index in [0.29, 0.717) is 28.8 Å². The van der Waals surface area contributed by atoms with E-state index in [1.807, 2.05) is 12.1 Å². The van der Waals surface area contributed by atoms with Gasteiger partial charge in [0.15, 0.2) is 11.5 Å². The Morgan fingerprint density at radius 1 is 1.03 bits per heavy atom. The number of nitrogens with zero attached hydrogens (tertiary/aromatic N) is 3. The molecule has 34 heavy (non-hydrogen) atoms. The molecule has 2 aromatic carbocycles. The number of aromatic nitrogens is 2. The first kappa shape index (κ1) is 24.2. The van der Waals surface area contributed by atoms with Gasteiger partial charge in [-0.3, -0.25) is 0 Å². The van der Waals surface area contributed by atoms with E-state index in [1.165, 1.54) is 4.31 Å². The molecule has 0 bridgehead atoms. The highest BCUT2D eigenvalue weighted by Gasteiger charge is 2.35. The highest BCUT2D eigenvalue weighted by Crippen LogP contribution is 2.33. The Morgan fingerprint density at radius 3 is 2.32 bits per heavy atom. The summed E-state index contributed by atoms with van der Waals surface area (Å²) in [5.41, 5.74) is 1.79. The van der Waals surface area contributed by atoms with Gasteiger partial charge >= 0.3 is 0 Å². The van der Waals surface area contributed by atoms with Crippen LogP contribution >= 0.6 is 0 Å². The van der Waals surface area contributed by atoms with Crippen LogP contribution in [0.1, 0.15) is 56.9 Å².